The van der Waals surface area contributed by atoms with Crippen molar-refractivity contribution in [3.8, 4) is 11.1 Å². The highest BCUT2D eigenvalue weighted by atomic mass is 35.5. The van der Waals surface area contributed by atoms with Crippen LogP contribution in [0.5, 0.6) is 0 Å². The molecule has 0 spiro atoms. The normalized spacial score (nSPS) is 20.2. The van der Waals surface area contributed by atoms with Crippen LogP contribution in [0.1, 0.15) is 11.1 Å². The summed E-state index contributed by atoms with van der Waals surface area (Å²) >= 11 is 12.6. The van der Waals surface area contributed by atoms with E-state index in [9.17, 15) is 13.2 Å². The first-order chi connectivity index (χ1) is 11.2. The fourth-order valence-electron chi connectivity index (χ4n) is 2.35. The number of nitrogens with zero attached hydrogens (tertiary/aromatic N) is 1. The monoisotopic (exact) mass is 374 g/mol. The minimum Gasteiger partial charge on any atom is -0.309 e. The van der Waals surface area contributed by atoms with Crippen molar-refractivity contribution < 1.29 is 13.2 Å². The van der Waals surface area contributed by atoms with Crippen LogP contribution >= 0.6 is 23.2 Å². The van der Waals surface area contributed by atoms with Gasteiger partial charge in [-0.05, 0) is 29.8 Å². The first-order valence-corrected chi connectivity index (χ1v) is 7.49. The molecule has 0 bridgehead atoms. The molecule has 9 heteroatoms. The minimum atomic E-state index is -4.40. The second-order valence-corrected chi connectivity index (χ2v) is 6.00. The average Bonchev–Trinajstić information content (AvgIpc) is 2.94. The van der Waals surface area contributed by atoms with Gasteiger partial charge in [-0.25, -0.2) is 4.99 Å². The molecule has 0 amide bonds. The number of hydrazine groups is 1. The smallest absolute Gasteiger partial charge is 0.309 e. The third-order valence-corrected chi connectivity index (χ3v) is 4.17. The Morgan fingerprint density at radius 2 is 1.62 bits per heavy atom. The van der Waals surface area contributed by atoms with E-state index in [0.29, 0.717) is 16.7 Å². The van der Waals surface area contributed by atoms with Crippen molar-refractivity contribution in [3.05, 3.63) is 57.6 Å². The summed E-state index contributed by atoms with van der Waals surface area (Å²) in [6.07, 6.45) is -3.01. The molecular formula is C15H11Cl2F3N4. The number of nitrogens with one attached hydrogen (secondary N) is 2. The zero-order valence-electron chi connectivity index (χ0n) is 12.0. The highest BCUT2D eigenvalue weighted by Gasteiger charge is 2.31. The number of halogens is 5. The predicted molar refractivity (Wildman–Crippen MR) is 87.5 cm³/mol. The van der Waals surface area contributed by atoms with Crippen molar-refractivity contribution in [2.75, 3.05) is 0 Å². The Morgan fingerprint density at radius 3 is 2.08 bits per heavy atom. The van der Waals surface area contributed by atoms with Gasteiger partial charge in [-0.15, -0.1) is 0 Å². The van der Waals surface area contributed by atoms with E-state index in [0.717, 1.165) is 12.1 Å². The van der Waals surface area contributed by atoms with Gasteiger partial charge < -0.3 is 5.43 Å². The summed E-state index contributed by atoms with van der Waals surface area (Å²) < 4.78 is 38.0. The van der Waals surface area contributed by atoms with Gasteiger partial charge in [-0.1, -0.05) is 35.3 Å². The molecule has 1 aliphatic rings. The Hall–Kier alpha value is -1.80. The van der Waals surface area contributed by atoms with E-state index in [1.165, 1.54) is 18.5 Å². The van der Waals surface area contributed by atoms with Crippen molar-refractivity contribution in [1.29, 1.82) is 0 Å². The maximum absolute atomic E-state index is 12.7. The lowest BCUT2D eigenvalue weighted by Gasteiger charge is -2.22. The molecule has 0 saturated carbocycles. The lowest BCUT2D eigenvalue weighted by atomic mass is 10.00. The molecule has 1 unspecified atom stereocenters. The molecule has 1 aliphatic heterocycles. The SMILES string of the molecule is NC1(c2cc(Cl)c(-c3ccc(C(F)(F)F)cc3)c(Cl)c2)N=CNN1. The molecular weight excluding hydrogens is 364 g/mol. The summed E-state index contributed by atoms with van der Waals surface area (Å²) in [5, 5.41) is 0.511. The molecule has 2 aromatic carbocycles. The molecule has 1 atom stereocenters. The maximum atomic E-state index is 12.7. The molecule has 4 nitrogen and oxygen atoms in total. The number of benzene rings is 2. The number of aliphatic imine (C=N–C) groups is 1. The maximum Gasteiger partial charge on any atom is 0.416 e. The summed E-state index contributed by atoms with van der Waals surface area (Å²) in [5.41, 5.74) is 12.1. The molecule has 0 aromatic heterocycles. The van der Waals surface area contributed by atoms with Gasteiger partial charge in [0.2, 0.25) is 5.79 Å². The minimum absolute atomic E-state index is 0.256. The van der Waals surface area contributed by atoms with Gasteiger partial charge in [0.1, 0.15) is 6.34 Å². The highest BCUT2D eigenvalue weighted by Crippen LogP contribution is 2.39. The van der Waals surface area contributed by atoms with Crippen LogP contribution in [0.25, 0.3) is 11.1 Å². The first-order valence-electron chi connectivity index (χ1n) is 6.73. The molecule has 1 heterocycles. The summed E-state index contributed by atoms with van der Waals surface area (Å²) in [5.74, 6) is -1.22. The topological polar surface area (TPSA) is 62.4 Å². The van der Waals surface area contributed by atoms with Gasteiger partial charge >= 0.3 is 6.18 Å². The Labute approximate surface area is 145 Å². The van der Waals surface area contributed by atoms with E-state index in [1.54, 1.807) is 12.1 Å². The third kappa shape index (κ3) is 3.08. The quantitative estimate of drug-likeness (QED) is 0.747. The van der Waals surface area contributed by atoms with Crippen molar-refractivity contribution in [3.63, 3.8) is 0 Å². The number of hydrogen-bond donors (Lipinski definition) is 3. The van der Waals surface area contributed by atoms with Gasteiger partial charge in [-0.2, -0.15) is 18.6 Å². The van der Waals surface area contributed by atoms with E-state index in [1.807, 2.05) is 0 Å². The van der Waals surface area contributed by atoms with Crippen molar-refractivity contribution in [2.24, 2.45) is 10.7 Å². The molecule has 126 valence electrons. The van der Waals surface area contributed by atoms with Gasteiger partial charge in [0.15, 0.2) is 0 Å². The van der Waals surface area contributed by atoms with Crippen molar-refractivity contribution in [1.82, 2.24) is 10.9 Å². The number of rotatable bonds is 2. The Balaban J connectivity index is 2.02. The number of hydrogen-bond acceptors (Lipinski definition) is 4. The lowest BCUT2D eigenvalue weighted by Crippen LogP contribution is -2.49. The van der Waals surface area contributed by atoms with Gasteiger partial charge in [0, 0.05) is 11.1 Å². The van der Waals surface area contributed by atoms with E-state index < -0.39 is 17.5 Å². The van der Waals surface area contributed by atoms with Gasteiger partial charge in [-0.3, -0.25) is 5.73 Å². The van der Waals surface area contributed by atoms with Crippen molar-refractivity contribution >= 4 is 29.5 Å². The second kappa shape index (κ2) is 5.93. The molecule has 4 N–H and O–H groups in total. The first kappa shape index (κ1) is 17.0. The van der Waals surface area contributed by atoms with Crippen molar-refractivity contribution in [2.45, 2.75) is 12.0 Å². The van der Waals surface area contributed by atoms with E-state index in [-0.39, 0.29) is 10.0 Å². The summed E-state index contributed by atoms with van der Waals surface area (Å²) in [7, 11) is 0. The lowest BCUT2D eigenvalue weighted by molar-refractivity contribution is -0.137. The van der Waals surface area contributed by atoms with Gasteiger partial charge in [0.05, 0.1) is 15.6 Å². The Bertz CT molecular complexity index is 782. The van der Waals surface area contributed by atoms with Crippen LogP contribution in [0.2, 0.25) is 10.0 Å². The molecule has 0 radical (unpaired) electrons. The van der Waals surface area contributed by atoms with Gasteiger partial charge in [0.25, 0.3) is 0 Å². The number of alkyl halides is 3. The van der Waals surface area contributed by atoms with Crippen LogP contribution in [-0.4, -0.2) is 6.34 Å². The summed E-state index contributed by atoms with van der Waals surface area (Å²) in [4.78, 5) is 4.05. The fourth-order valence-corrected chi connectivity index (χ4v) is 3.06. The summed E-state index contributed by atoms with van der Waals surface area (Å²) in [6.45, 7) is 0. The summed E-state index contributed by atoms with van der Waals surface area (Å²) in [6, 6.07) is 7.73. The molecule has 0 aliphatic carbocycles. The fraction of sp³-hybridized carbons (Fsp3) is 0.133. The van der Waals surface area contributed by atoms with Crippen LogP contribution in [0.3, 0.4) is 0 Å². The molecule has 0 saturated heterocycles. The van der Waals surface area contributed by atoms with E-state index in [2.05, 4.69) is 15.8 Å². The standard InChI is InChI=1S/C15H11Cl2F3N4/c16-11-5-10(15(21)22-7-23-24-15)6-12(17)13(11)8-1-3-9(4-2-8)14(18,19)20/h1-7,24H,21H2,(H,22,23). The molecule has 3 rings (SSSR count). The Morgan fingerprint density at radius 1 is 1.04 bits per heavy atom. The zero-order valence-corrected chi connectivity index (χ0v) is 13.5. The van der Waals surface area contributed by atoms with E-state index >= 15 is 0 Å². The third-order valence-electron chi connectivity index (χ3n) is 3.58. The predicted octanol–water partition coefficient (Wildman–Crippen LogP) is 3.88. The zero-order chi connectivity index (χ0) is 17.5. The van der Waals surface area contributed by atoms with Crippen LogP contribution in [0, 0.1) is 0 Å². The van der Waals surface area contributed by atoms with Crippen LogP contribution in [0.4, 0.5) is 13.2 Å². The van der Waals surface area contributed by atoms with Crippen LogP contribution < -0.4 is 16.6 Å². The van der Waals surface area contributed by atoms with E-state index in [4.69, 9.17) is 28.9 Å². The highest BCUT2D eigenvalue weighted by molar-refractivity contribution is 6.39. The largest absolute Gasteiger partial charge is 0.416 e. The molecule has 0 fully saturated rings. The molecule has 2 aromatic rings. The molecule has 24 heavy (non-hydrogen) atoms. The number of nitrogens with two attached hydrogens (primary N) is 1. The van der Waals surface area contributed by atoms with Crippen LogP contribution in [-0.2, 0) is 12.0 Å². The second-order valence-electron chi connectivity index (χ2n) is 5.18. The van der Waals surface area contributed by atoms with Crippen LogP contribution in [0.15, 0.2) is 41.4 Å². The average molecular weight is 375 g/mol. The Kier molecular flexibility index (Phi) is 4.21.